The quantitative estimate of drug-likeness (QED) is 0.319. The normalized spacial score (nSPS) is 17.7. The summed E-state index contributed by atoms with van der Waals surface area (Å²) >= 11 is 0. The van der Waals surface area contributed by atoms with Gasteiger partial charge in [-0.25, -0.2) is 15.0 Å². The van der Waals surface area contributed by atoms with Gasteiger partial charge in [0.2, 0.25) is 5.95 Å². The number of para-hydroxylation sites is 1. The average Bonchev–Trinajstić information content (AvgIpc) is 3.23. The first-order valence-corrected chi connectivity index (χ1v) is 12.5. The zero-order valence-corrected chi connectivity index (χ0v) is 21.5. The molecule has 4 heterocycles. The fraction of sp³-hybridized carbons (Fsp3) is 0.357. The van der Waals surface area contributed by atoms with Gasteiger partial charge in [0.25, 0.3) is 0 Å². The van der Waals surface area contributed by atoms with Gasteiger partial charge in [0.1, 0.15) is 11.4 Å². The molecule has 1 aromatic carbocycles. The van der Waals surface area contributed by atoms with Crippen molar-refractivity contribution in [2.24, 2.45) is 11.8 Å². The zero-order valence-electron chi connectivity index (χ0n) is 21.5. The molecule has 0 bridgehead atoms. The van der Waals surface area contributed by atoms with Gasteiger partial charge in [-0.05, 0) is 37.5 Å². The number of pyridine rings is 1. The van der Waals surface area contributed by atoms with Crippen LogP contribution in [0.2, 0.25) is 0 Å². The SMILES string of the molecule is COC(=O)[C@@H]1CCN(c2ncc(-c3ccc4nc(C)c(Cc5ccccc5OC(F)F)n4c3)cn2)C[C@H]1C. The van der Waals surface area contributed by atoms with Crippen molar-refractivity contribution >= 4 is 17.6 Å². The van der Waals surface area contributed by atoms with Crippen LogP contribution < -0.4 is 9.64 Å². The van der Waals surface area contributed by atoms with Crippen molar-refractivity contribution in [3.8, 4) is 16.9 Å². The van der Waals surface area contributed by atoms with Crippen molar-refractivity contribution in [3.63, 3.8) is 0 Å². The van der Waals surface area contributed by atoms with Crippen LogP contribution in [0.5, 0.6) is 5.75 Å². The summed E-state index contributed by atoms with van der Waals surface area (Å²) in [6.45, 7) is 2.42. The van der Waals surface area contributed by atoms with E-state index in [1.54, 1.807) is 36.7 Å². The first-order chi connectivity index (χ1) is 18.3. The van der Waals surface area contributed by atoms with E-state index >= 15 is 0 Å². The van der Waals surface area contributed by atoms with E-state index in [2.05, 4.69) is 19.9 Å². The highest BCUT2D eigenvalue weighted by atomic mass is 19.3. The number of halogens is 2. The minimum Gasteiger partial charge on any atom is -0.469 e. The second-order valence-electron chi connectivity index (χ2n) is 9.57. The van der Waals surface area contributed by atoms with Crippen LogP contribution in [0.1, 0.15) is 30.3 Å². The molecule has 1 fully saturated rings. The molecule has 4 aromatic rings. The number of carbonyl (C=O) groups is 1. The number of fused-ring (bicyclic) bond motifs is 1. The van der Waals surface area contributed by atoms with E-state index in [0.717, 1.165) is 28.2 Å². The maximum Gasteiger partial charge on any atom is 0.387 e. The molecule has 1 saturated heterocycles. The topological polar surface area (TPSA) is 81.8 Å². The number of rotatable bonds is 7. The second-order valence-corrected chi connectivity index (χ2v) is 9.57. The van der Waals surface area contributed by atoms with Gasteiger partial charge in [0.05, 0.1) is 18.7 Å². The molecule has 2 atom stereocenters. The summed E-state index contributed by atoms with van der Waals surface area (Å²) in [5, 5.41) is 0. The molecular weight excluding hydrogens is 492 g/mol. The molecule has 0 N–H and O–H groups in total. The Labute approximate surface area is 219 Å². The van der Waals surface area contributed by atoms with Crippen molar-refractivity contribution in [1.29, 1.82) is 0 Å². The molecule has 0 amide bonds. The molecule has 0 radical (unpaired) electrons. The van der Waals surface area contributed by atoms with E-state index in [4.69, 9.17) is 9.47 Å². The largest absolute Gasteiger partial charge is 0.469 e. The van der Waals surface area contributed by atoms with Gasteiger partial charge in [-0.3, -0.25) is 4.79 Å². The number of benzene rings is 1. The molecule has 0 unspecified atom stereocenters. The number of methoxy groups -OCH3 is 1. The summed E-state index contributed by atoms with van der Waals surface area (Å²) in [4.78, 5) is 27.9. The molecule has 8 nitrogen and oxygen atoms in total. The average molecular weight is 522 g/mol. The van der Waals surface area contributed by atoms with Crippen LogP contribution in [0, 0.1) is 18.8 Å². The highest BCUT2D eigenvalue weighted by Crippen LogP contribution is 2.29. The zero-order chi connectivity index (χ0) is 26.8. The smallest absolute Gasteiger partial charge is 0.387 e. The lowest BCUT2D eigenvalue weighted by molar-refractivity contribution is -0.147. The predicted molar refractivity (Wildman–Crippen MR) is 138 cm³/mol. The Hall–Kier alpha value is -4.08. The monoisotopic (exact) mass is 521 g/mol. The third-order valence-corrected chi connectivity index (χ3v) is 7.13. The fourth-order valence-electron chi connectivity index (χ4n) is 5.10. The summed E-state index contributed by atoms with van der Waals surface area (Å²) in [6.07, 6.45) is 6.62. The van der Waals surface area contributed by atoms with Crippen molar-refractivity contribution < 1.29 is 23.0 Å². The Bertz CT molecular complexity index is 1440. The number of carbonyl (C=O) groups excluding carboxylic acids is 1. The standard InChI is InChI=1S/C28H29F2N5O3/c1-17-15-34(11-10-22(17)26(36)37-3)28-31-13-21(14-32-28)20-8-9-25-33-18(2)23(35(25)16-20)12-19-6-4-5-7-24(19)38-27(29)30/h4-9,13-14,16-17,22,27H,10-12,15H2,1-3H3/t17-,22-/m1/s1. The van der Waals surface area contributed by atoms with Crippen molar-refractivity contribution in [2.45, 2.75) is 33.3 Å². The molecule has 0 spiro atoms. The summed E-state index contributed by atoms with van der Waals surface area (Å²) in [6, 6.07) is 10.7. The number of piperidine rings is 1. The molecule has 0 aliphatic carbocycles. The van der Waals surface area contributed by atoms with Gasteiger partial charge < -0.3 is 18.8 Å². The van der Waals surface area contributed by atoms with Crippen LogP contribution in [0.4, 0.5) is 14.7 Å². The van der Waals surface area contributed by atoms with E-state index < -0.39 is 6.61 Å². The summed E-state index contributed by atoms with van der Waals surface area (Å²) < 4.78 is 37.4. The predicted octanol–water partition coefficient (Wildman–Crippen LogP) is 4.93. The van der Waals surface area contributed by atoms with Crippen molar-refractivity contribution in [1.82, 2.24) is 19.4 Å². The van der Waals surface area contributed by atoms with Crippen molar-refractivity contribution in [3.05, 3.63) is 71.9 Å². The summed E-state index contributed by atoms with van der Waals surface area (Å²) in [5.41, 5.74) is 4.84. The minimum atomic E-state index is -2.89. The third-order valence-electron chi connectivity index (χ3n) is 7.13. The van der Waals surface area contributed by atoms with Gasteiger partial charge in [-0.15, -0.1) is 0 Å². The molecular formula is C28H29F2N5O3. The first-order valence-electron chi connectivity index (χ1n) is 12.5. The molecule has 38 heavy (non-hydrogen) atoms. The third kappa shape index (κ3) is 5.16. The molecule has 1 aliphatic rings. The van der Waals surface area contributed by atoms with Gasteiger partial charge in [-0.1, -0.05) is 25.1 Å². The minimum absolute atomic E-state index is 0.107. The number of anilines is 1. The van der Waals surface area contributed by atoms with Crippen LogP contribution >= 0.6 is 0 Å². The Morgan fingerprint density at radius 3 is 2.61 bits per heavy atom. The van der Waals surface area contributed by atoms with Gasteiger partial charge >= 0.3 is 12.6 Å². The van der Waals surface area contributed by atoms with Gasteiger partial charge in [0.15, 0.2) is 0 Å². The number of aryl methyl sites for hydroxylation is 1. The second kappa shape index (κ2) is 10.7. The highest BCUT2D eigenvalue weighted by Gasteiger charge is 2.32. The molecule has 5 rings (SSSR count). The van der Waals surface area contributed by atoms with E-state index in [-0.39, 0.29) is 23.6 Å². The maximum absolute atomic E-state index is 12.9. The molecule has 10 heteroatoms. The first kappa shape index (κ1) is 25.6. The lowest BCUT2D eigenvalue weighted by Crippen LogP contribution is -2.43. The molecule has 0 saturated carbocycles. The van der Waals surface area contributed by atoms with Crippen molar-refractivity contribution in [2.75, 3.05) is 25.1 Å². The summed E-state index contributed by atoms with van der Waals surface area (Å²) in [5.74, 6) is 0.648. The van der Waals surface area contributed by atoms with Gasteiger partial charge in [-0.2, -0.15) is 8.78 Å². The van der Waals surface area contributed by atoms with Crippen LogP contribution in [0.25, 0.3) is 16.8 Å². The van der Waals surface area contributed by atoms with Crippen LogP contribution in [0.3, 0.4) is 0 Å². The Kier molecular flexibility index (Phi) is 7.22. The number of hydrogen-bond donors (Lipinski definition) is 0. The number of hydrogen-bond acceptors (Lipinski definition) is 7. The van der Waals surface area contributed by atoms with Gasteiger partial charge in [0, 0.05) is 60.5 Å². The fourth-order valence-corrected chi connectivity index (χ4v) is 5.10. The Morgan fingerprint density at radius 1 is 1.13 bits per heavy atom. The van der Waals surface area contributed by atoms with E-state index in [1.807, 2.05) is 36.6 Å². The number of alkyl halides is 2. The Balaban J connectivity index is 1.38. The Morgan fingerprint density at radius 2 is 1.89 bits per heavy atom. The maximum atomic E-state index is 12.9. The number of aromatic nitrogens is 4. The van der Waals surface area contributed by atoms with E-state index in [1.165, 1.54) is 7.11 Å². The van der Waals surface area contributed by atoms with E-state index in [0.29, 0.717) is 37.4 Å². The lowest BCUT2D eigenvalue weighted by atomic mass is 9.87. The number of imidazole rings is 1. The van der Waals surface area contributed by atoms with E-state index in [9.17, 15) is 13.6 Å². The highest BCUT2D eigenvalue weighted by molar-refractivity contribution is 5.73. The van der Waals surface area contributed by atoms with Crippen LogP contribution in [-0.4, -0.2) is 52.1 Å². The number of ether oxygens (including phenoxy) is 2. The van der Waals surface area contributed by atoms with Crippen LogP contribution in [0.15, 0.2) is 55.0 Å². The molecule has 1 aliphatic heterocycles. The van der Waals surface area contributed by atoms with Crippen LogP contribution in [-0.2, 0) is 16.0 Å². The number of nitrogens with zero attached hydrogens (tertiary/aromatic N) is 5. The lowest BCUT2D eigenvalue weighted by Gasteiger charge is -2.35. The molecule has 3 aromatic heterocycles. The number of esters is 1. The molecule has 198 valence electrons. The summed E-state index contributed by atoms with van der Waals surface area (Å²) in [7, 11) is 1.43.